The van der Waals surface area contributed by atoms with Crippen molar-refractivity contribution in [3.8, 4) is 0 Å². The fourth-order valence-electron chi connectivity index (χ4n) is 20.8. The fourth-order valence-corrected chi connectivity index (χ4v) is 24.2. The largest absolute Gasteiger partial charge is 0.393 e. The first-order valence-electron chi connectivity index (χ1n) is 32.8. The Balaban J connectivity index is 0.000000211. The summed E-state index contributed by atoms with van der Waals surface area (Å²) in [6.07, 6.45) is 23.3. The molecule has 11 rings (SSSR count). The minimum Gasteiger partial charge on any atom is -0.393 e. The van der Waals surface area contributed by atoms with E-state index in [1.807, 2.05) is 45.0 Å². The third-order valence-corrected chi connectivity index (χ3v) is 29.8. The van der Waals surface area contributed by atoms with Gasteiger partial charge in [-0.15, -0.1) is 0 Å². The molecule has 8 aliphatic carbocycles. The number of aliphatic hydroxyl groups is 3. The Morgan fingerprint density at radius 3 is 1.37 bits per heavy atom. The highest BCUT2D eigenvalue weighted by Gasteiger charge is 2.63. The molecule has 0 bridgehead atoms. The Morgan fingerprint density at radius 2 is 0.951 bits per heavy atom. The quantitative estimate of drug-likeness (QED) is 0.159. The van der Waals surface area contributed by atoms with E-state index in [-0.39, 0.29) is 31.9 Å². The van der Waals surface area contributed by atoms with E-state index in [1.54, 1.807) is 36.4 Å². The van der Waals surface area contributed by atoms with Gasteiger partial charge in [0.05, 0.1) is 50.8 Å². The summed E-state index contributed by atoms with van der Waals surface area (Å²) in [6, 6.07) is 17.9. The lowest BCUT2D eigenvalue weighted by Crippen LogP contribution is -2.55. The van der Waals surface area contributed by atoms with Gasteiger partial charge in [-0.05, 0) is 277 Å². The van der Waals surface area contributed by atoms with Crippen molar-refractivity contribution in [2.45, 2.75) is 271 Å². The zero-order chi connectivity index (χ0) is 58.0. The van der Waals surface area contributed by atoms with Crippen LogP contribution in [0.3, 0.4) is 0 Å². The van der Waals surface area contributed by atoms with Crippen LogP contribution in [0.1, 0.15) is 233 Å². The second kappa shape index (κ2) is 25.7. The molecule has 468 valence electrons. The first-order valence-corrected chi connectivity index (χ1v) is 36.0. The SMILES string of the molecule is C.C.CC(C)[C@H](O)CC(C[C@@H](C)[C@H]1CC[C@H]2[C@@H]3CC[C@H]4C[C@@](C)(O)CC[C@]4(C)[C@H]3CC[C@]12C)S(=O)(=O)c1ccccc1.CC(C)[C@H]1CO1.C[C@H](CCS(=O)(=O)c1ccccc1)[C@H]1CC[C@H]2[C@@H]3CC[C@H]4C[C@@](C)(O)CC[C@]4(C)[C@H]3CC[C@]12C. The molecule has 10 heteroatoms. The van der Waals surface area contributed by atoms with E-state index in [2.05, 4.69) is 62.3 Å². The van der Waals surface area contributed by atoms with E-state index < -0.39 is 42.2 Å². The molecule has 0 radical (unpaired) electrons. The van der Waals surface area contributed by atoms with E-state index in [0.717, 1.165) is 86.6 Å². The van der Waals surface area contributed by atoms with Crippen LogP contribution in [0.25, 0.3) is 0 Å². The van der Waals surface area contributed by atoms with Crippen molar-refractivity contribution >= 4 is 19.7 Å². The molecule has 1 unspecified atom stereocenters. The number of fused-ring (bicyclic) bond motifs is 10. The first-order chi connectivity index (χ1) is 37.5. The monoisotopic (exact) mass is 1180 g/mol. The van der Waals surface area contributed by atoms with E-state index >= 15 is 0 Å². The summed E-state index contributed by atoms with van der Waals surface area (Å²) in [5, 5.41) is 31.8. The second-order valence-electron chi connectivity index (χ2n) is 31.4. The van der Waals surface area contributed by atoms with Crippen molar-refractivity contribution in [1.29, 1.82) is 0 Å². The molecule has 9 aliphatic rings. The van der Waals surface area contributed by atoms with Crippen molar-refractivity contribution < 1.29 is 36.9 Å². The number of ether oxygens (including phenoxy) is 1. The van der Waals surface area contributed by atoms with Crippen molar-refractivity contribution in [3.63, 3.8) is 0 Å². The van der Waals surface area contributed by atoms with Crippen LogP contribution in [-0.2, 0) is 24.4 Å². The number of aliphatic hydroxyl groups excluding tert-OH is 1. The van der Waals surface area contributed by atoms with Crippen molar-refractivity contribution in [3.05, 3.63) is 60.7 Å². The summed E-state index contributed by atoms with van der Waals surface area (Å²) in [5.41, 5.74) is 0.433. The summed E-state index contributed by atoms with van der Waals surface area (Å²) in [5.74, 6) is 8.98. The molecular formula is C72H120O8S2. The zero-order valence-corrected chi connectivity index (χ0v) is 53.7. The Hall–Kier alpha value is -1.82. The molecule has 3 N–H and O–H groups in total. The standard InChI is InChI=1S/C35H56O4S.C30H46O3S.C5H10O.2CH4/c1-23(2)32(36)21-27(40(38,39)26-10-8-7-9-11-26)20-24(3)29-14-15-30-28-13-12-25-22-33(4,37)18-19-34(25,5)31(28)16-17-35(29,30)6;1-21(15-19-34(32,33)23-8-6-5-7-9-23)25-12-13-26-24-11-10-22-20-28(2,31)17-18-29(22,3)27(24)14-16-30(25,26)4;1-4(2)5-3-6-5;;/h7-11,23-25,27-32,36-37H,12-22H2,1-6H3;5-9,21-22,24-27,31H,10-20H2,1-4H3;4-5H,3H2,1-2H3;2*1H4/t24-,25+,27?,28+,29-,30+,31+,32-,33+,34+,35-;21-,22+,24+,25-,26+,27+,28+,29+,30-;5-;;/m111../s1. The number of hydrogen-bond donors (Lipinski definition) is 3. The van der Waals surface area contributed by atoms with Gasteiger partial charge in [-0.2, -0.15) is 0 Å². The molecule has 8 saturated carbocycles. The maximum atomic E-state index is 13.9. The van der Waals surface area contributed by atoms with Crippen LogP contribution in [0.15, 0.2) is 70.5 Å². The van der Waals surface area contributed by atoms with E-state index in [4.69, 9.17) is 4.74 Å². The fraction of sp³-hybridized carbons (Fsp3) is 0.833. The molecule has 1 saturated heterocycles. The third kappa shape index (κ3) is 13.6. The van der Waals surface area contributed by atoms with Crippen LogP contribution in [0.4, 0.5) is 0 Å². The molecule has 1 aliphatic heterocycles. The van der Waals surface area contributed by atoms with Crippen LogP contribution in [-0.4, -0.2) is 73.2 Å². The maximum absolute atomic E-state index is 13.9. The van der Waals surface area contributed by atoms with E-state index in [9.17, 15) is 32.2 Å². The number of epoxide rings is 1. The Morgan fingerprint density at radius 1 is 0.524 bits per heavy atom. The molecule has 9 fully saturated rings. The van der Waals surface area contributed by atoms with Gasteiger partial charge < -0.3 is 20.1 Å². The van der Waals surface area contributed by atoms with Crippen molar-refractivity contribution in [1.82, 2.24) is 0 Å². The molecule has 1 heterocycles. The van der Waals surface area contributed by atoms with Crippen LogP contribution in [0.2, 0.25) is 0 Å². The van der Waals surface area contributed by atoms with Crippen molar-refractivity contribution in [2.24, 2.45) is 105 Å². The second-order valence-corrected chi connectivity index (χ2v) is 35.8. The molecule has 0 aromatic heterocycles. The summed E-state index contributed by atoms with van der Waals surface area (Å²) in [4.78, 5) is 0.852. The molecule has 0 amide bonds. The van der Waals surface area contributed by atoms with Gasteiger partial charge in [-0.1, -0.05) is 120 Å². The highest BCUT2D eigenvalue weighted by molar-refractivity contribution is 7.92. The minimum atomic E-state index is -3.53. The van der Waals surface area contributed by atoms with Crippen LogP contribution < -0.4 is 0 Å². The molecular weight excluding hydrogens is 1060 g/mol. The molecule has 2 aromatic carbocycles. The number of benzene rings is 2. The Labute approximate surface area is 502 Å². The molecule has 21 atom stereocenters. The van der Waals surface area contributed by atoms with Gasteiger partial charge >= 0.3 is 0 Å². The van der Waals surface area contributed by atoms with Gasteiger partial charge in [-0.25, -0.2) is 16.8 Å². The summed E-state index contributed by atoms with van der Waals surface area (Å²) >= 11 is 0. The van der Waals surface area contributed by atoms with Gasteiger partial charge in [0.1, 0.15) is 0 Å². The Kier molecular flexibility index (Phi) is 21.2. The molecule has 82 heavy (non-hydrogen) atoms. The lowest BCUT2D eigenvalue weighted by molar-refractivity contribution is -0.148. The van der Waals surface area contributed by atoms with Gasteiger partial charge in [0.2, 0.25) is 0 Å². The van der Waals surface area contributed by atoms with E-state index in [0.29, 0.717) is 80.5 Å². The summed E-state index contributed by atoms with van der Waals surface area (Å²) < 4.78 is 58.5. The summed E-state index contributed by atoms with van der Waals surface area (Å²) in [6.45, 7) is 28.3. The van der Waals surface area contributed by atoms with Crippen molar-refractivity contribution in [2.75, 3.05) is 12.4 Å². The van der Waals surface area contributed by atoms with Gasteiger partial charge in [0.15, 0.2) is 19.7 Å². The molecule has 8 nitrogen and oxygen atoms in total. The third-order valence-electron chi connectivity index (χ3n) is 25.9. The minimum absolute atomic E-state index is 0. The normalized spacial score (nSPS) is 41.5. The van der Waals surface area contributed by atoms with Crippen LogP contribution >= 0.6 is 0 Å². The Bertz CT molecular complexity index is 2600. The lowest BCUT2D eigenvalue weighted by atomic mass is 9.43. The van der Waals surface area contributed by atoms with E-state index in [1.165, 1.54) is 83.5 Å². The maximum Gasteiger partial charge on any atom is 0.181 e. The average Bonchev–Trinajstić information content (AvgIpc) is 2.82. The first kappa shape index (κ1) is 67.7. The predicted octanol–water partition coefficient (Wildman–Crippen LogP) is 16.9. The lowest BCUT2D eigenvalue weighted by Gasteiger charge is -2.62. The van der Waals surface area contributed by atoms with Crippen LogP contribution in [0, 0.1) is 105 Å². The van der Waals surface area contributed by atoms with Crippen LogP contribution in [0.5, 0.6) is 0 Å². The average molecular weight is 1180 g/mol. The number of hydrogen-bond acceptors (Lipinski definition) is 8. The molecule has 2 aromatic rings. The number of rotatable bonds is 14. The topological polar surface area (TPSA) is 141 Å². The zero-order valence-electron chi connectivity index (χ0n) is 52.1. The summed E-state index contributed by atoms with van der Waals surface area (Å²) in [7, 11) is -6.74. The van der Waals surface area contributed by atoms with Gasteiger partial charge in [0, 0.05) is 0 Å². The van der Waals surface area contributed by atoms with Gasteiger partial charge in [0.25, 0.3) is 0 Å². The predicted molar refractivity (Wildman–Crippen MR) is 339 cm³/mol. The van der Waals surface area contributed by atoms with Gasteiger partial charge in [-0.3, -0.25) is 0 Å². The highest BCUT2D eigenvalue weighted by Crippen LogP contribution is 2.71. The number of sulfone groups is 2. The smallest absolute Gasteiger partial charge is 0.181 e. The molecule has 0 spiro atoms. The highest BCUT2D eigenvalue weighted by atomic mass is 32.2.